The maximum atomic E-state index is 12.7. The van der Waals surface area contributed by atoms with Crippen molar-refractivity contribution >= 4 is 17.8 Å². The van der Waals surface area contributed by atoms with Gasteiger partial charge in [-0.25, -0.2) is 0 Å². The average Bonchev–Trinajstić information content (AvgIpc) is 3.00. The molecule has 7 nitrogen and oxygen atoms in total. The zero-order valence-corrected chi connectivity index (χ0v) is 28.7. The topological polar surface area (TPSA) is 76.1 Å². The Bertz CT molecular complexity index is 678. The molecule has 0 aromatic rings. The number of esters is 2. The molecular formula is C36H68N2O5. The largest absolute Gasteiger partial charge is 0.465 e. The van der Waals surface area contributed by atoms with Crippen LogP contribution in [-0.4, -0.2) is 74.6 Å². The maximum absolute atomic E-state index is 12.7. The molecule has 0 radical (unpaired) electrons. The smallest absolute Gasteiger partial charge is 0.305 e. The lowest BCUT2D eigenvalue weighted by Crippen LogP contribution is -2.48. The Morgan fingerprint density at radius 1 is 0.581 bits per heavy atom. The molecule has 0 bridgehead atoms. The van der Waals surface area contributed by atoms with Gasteiger partial charge in [0.05, 0.1) is 0 Å². The number of carbonyl (C=O) groups is 3. The van der Waals surface area contributed by atoms with Crippen LogP contribution in [0.15, 0.2) is 0 Å². The average molecular weight is 609 g/mol. The van der Waals surface area contributed by atoms with Crippen molar-refractivity contribution in [3.63, 3.8) is 0 Å². The van der Waals surface area contributed by atoms with E-state index in [1.165, 1.54) is 89.9 Å². The van der Waals surface area contributed by atoms with Gasteiger partial charge in [0.25, 0.3) is 0 Å². The van der Waals surface area contributed by atoms with Gasteiger partial charge in [0, 0.05) is 44.3 Å². The molecule has 252 valence electrons. The molecule has 0 saturated carbocycles. The first kappa shape index (κ1) is 39.4. The fraction of sp³-hybridized carbons (Fsp3) is 0.917. The second-order valence-electron chi connectivity index (χ2n) is 13.4. The molecule has 0 N–H and O–H groups in total. The van der Waals surface area contributed by atoms with E-state index < -0.39 is 5.41 Å². The molecule has 43 heavy (non-hydrogen) atoms. The Hall–Kier alpha value is -1.63. The monoisotopic (exact) mass is 609 g/mol. The van der Waals surface area contributed by atoms with Crippen LogP contribution in [0.5, 0.6) is 0 Å². The Labute approximate surface area is 265 Å². The third-order valence-electron chi connectivity index (χ3n) is 9.00. The molecule has 1 rings (SSSR count). The molecule has 0 aromatic heterocycles. The number of likely N-dealkylation sites (tertiary alicyclic amines) is 1. The number of nitrogens with zero attached hydrogens (tertiary/aromatic N) is 2. The van der Waals surface area contributed by atoms with Crippen molar-refractivity contribution in [2.45, 2.75) is 162 Å². The summed E-state index contributed by atoms with van der Waals surface area (Å²) >= 11 is 0. The second kappa shape index (κ2) is 25.7. The Morgan fingerprint density at radius 3 is 1.33 bits per heavy atom. The van der Waals surface area contributed by atoms with Crippen LogP contribution in [0.1, 0.15) is 162 Å². The summed E-state index contributed by atoms with van der Waals surface area (Å²) in [6.07, 6.45) is 24.5. The van der Waals surface area contributed by atoms with Gasteiger partial charge in [-0.2, -0.15) is 0 Å². The zero-order chi connectivity index (χ0) is 31.6. The highest BCUT2D eigenvalue weighted by atomic mass is 16.5. The third kappa shape index (κ3) is 20.9. The number of carbonyl (C=O) groups excluding carboxylic acids is 3. The summed E-state index contributed by atoms with van der Waals surface area (Å²) in [5.41, 5.74) is -0.416. The van der Waals surface area contributed by atoms with E-state index in [-0.39, 0.29) is 31.1 Å². The van der Waals surface area contributed by atoms with Crippen molar-refractivity contribution in [3.05, 3.63) is 0 Å². The van der Waals surface area contributed by atoms with E-state index in [9.17, 15) is 14.4 Å². The summed E-state index contributed by atoms with van der Waals surface area (Å²) in [5, 5.41) is 0. The summed E-state index contributed by atoms with van der Waals surface area (Å²) in [6.45, 7) is 6.94. The van der Waals surface area contributed by atoms with Gasteiger partial charge >= 0.3 is 11.9 Å². The third-order valence-corrected chi connectivity index (χ3v) is 9.00. The molecule has 0 aromatic carbocycles. The van der Waals surface area contributed by atoms with Crippen molar-refractivity contribution in [1.29, 1.82) is 0 Å². The number of hydrogen-bond acceptors (Lipinski definition) is 6. The molecular weight excluding hydrogens is 540 g/mol. The highest BCUT2D eigenvalue weighted by Crippen LogP contribution is 2.33. The van der Waals surface area contributed by atoms with Crippen molar-refractivity contribution in [2.24, 2.45) is 5.41 Å². The molecule has 7 heteroatoms. The number of rotatable bonds is 27. The van der Waals surface area contributed by atoms with Crippen LogP contribution in [0.25, 0.3) is 0 Å². The van der Waals surface area contributed by atoms with Crippen LogP contribution in [0, 0.1) is 5.41 Å². The van der Waals surface area contributed by atoms with Crippen molar-refractivity contribution in [3.8, 4) is 0 Å². The molecule has 0 aliphatic carbocycles. The number of unbranched alkanes of at least 4 members (excludes halogenated alkanes) is 16. The molecule has 0 spiro atoms. The number of ether oxygens (including phenoxy) is 2. The normalized spacial score (nSPS) is 14.7. The summed E-state index contributed by atoms with van der Waals surface area (Å²) in [4.78, 5) is 41.8. The van der Waals surface area contributed by atoms with Gasteiger partial charge in [0.1, 0.15) is 13.2 Å². The zero-order valence-electron chi connectivity index (χ0n) is 28.7. The standard InChI is InChI=1S/C36H68N2O5/c1-5-7-9-11-13-15-17-19-21-23-34(40)42-31-36(26-29-38(30-27-36)33(39)25-28-37(3)4)32-43-35(41)24-22-20-18-16-14-12-10-8-6-2/h5-32H2,1-4H3. The Morgan fingerprint density at radius 2 is 0.953 bits per heavy atom. The molecule has 1 aliphatic rings. The van der Waals surface area contributed by atoms with E-state index in [0.717, 1.165) is 32.2 Å². The van der Waals surface area contributed by atoms with Crippen molar-refractivity contribution < 1.29 is 23.9 Å². The summed E-state index contributed by atoms with van der Waals surface area (Å²) in [6, 6.07) is 0. The highest BCUT2D eigenvalue weighted by molar-refractivity contribution is 5.76. The lowest BCUT2D eigenvalue weighted by Gasteiger charge is -2.41. The van der Waals surface area contributed by atoms with E-state index in [4.69, 9.17) is 9.47 Å². The molecule has 1 heterocycles. The van der Waals surface area contributed by atoms with Crippen LogP contribution in [-0.2, 0) is 23.9 Å². The van der Waals surface area contributed by atoms with E-state index in [1.54, 1.807) is 0 Å². The molecule has 1 fully saturated rings. The van der Waals surface area contributed by atoms with Gasteiger partial charge < -0.3 is 19.3 Å². The molecule has 1 amide bonds. The minimum Gasteiger partial charge on any atom is -0.465 e. The van der Waals surface area contributed by atoms with Crippen LogP contribution in [0.2, 0.25) is 0 Å². The van der Waals surface area contributed by atoms with Gasteiger partial charge in [-0.05, 0) is 39.8 Å². The number of amides is 1. The SMILES string of the molecule is CCCCCCCCCCCC(=O)OCC1(COC(=O)CCCCCCCCCCC)CCN(C(=O)CCN(C)C)CC1. The number of piperidine rings is 1. The number of hydrogen-bond donors (Lipinski definition) is 0. The van der Waals surface area contributed by atoms with Gasteiger partial charge in [-0.15, -0.1) is 0 Å². The van der Waals surface area contributed by atoms with E-state index >= 15 is 0 Å². The van der Waals surface area contributed by atoms with Crippen LogP contribution < -0.4 is 0 Å². The molecule has 0 unspecified atom stereocenters. The predicted octanol–water partition coefficient (Wildman–Crippen LogP) is 8.48. The minimum atomic E-state index is -0.416. The lowest BCUT2D eigenvalue weighted by atomic mass is 9.79. The van der Waals surface area contributed by atoms with E-state index in [1.807, 2.05) is 23.9 Å². The quantitative estimate of drug-likeness (QED) is 0.0688. The van der Waals surface area contributed by atoms with Crippen molar-refractivity contribution in [1.82, 2.24) is 9.80 Å². The van der Waals surface area contributed by atoms with Gasteiger partial charge in [-0.3, -0.25) is 14.4 Å². The maximum Gasteiger partial charge on any atom is 0.305 e. The van der Waals surface area contributed by atoms with E-state index in [2.05, 4.69) is 13.8 Å². The Balaban J connectivity index is 2.44. The van der Waals surface area contributed by atoms with Crippen LogP contribution in [0.3, 0.4) is 0 Å². The van der Waals surface area contributed by atoms with E-state index in [0.29, 0.717) is 45.2 Å². The first-order chi connectivity index (χ1) is 20.8. The second-order valence-corrected chi connectivity index (χ2v) is 13.4. The fourth-order valence-electron chi connectivity index (χ4n) is 5.81. The van der Waals surface area contributed by atoms with Gasteiger partial charge in [-0.1, -0.05) is 117 Å². The molecule has 1 saturated heterocycles. The predicted molar refractivity (Wildman–Crippen MR) is 177 cm³/mol. The minimum absolute atomic E-state index is 0.159. The summed E-state index contributed by atoms with van der Waals surface area (Å²) in [7, 11) is 3.95. The first-order valence-electron chi connectivity index (χ1n) is 18.1. The van der Waals surface area contributed by atoms with Gasteiger partial charge in [0.2, 0.25) is 5.91 Å². The Kier molecular flexibility index (Phi) is 23.5. The fourth-order valence-corrected chi connectivity index (χ4v) is 5.81. The van der Waals surface area contributed by atoms with Gasteiger partial charge in [0.15, 0.2) is 0 Å². The van der Waals surface area contributed by atoms with Crippen LogP contribution >= 0.6 is 0 Å². The molecule has 0 atom stereocenters. The first-order valence-corrected chi connectivity index (χ1v) is 18.1. The lowest BCUT2D eigenvalue weighted by molar-refractivity contribution is -0.158. The van der Waals surface area contributed by atoms with Crippen LogP contribution in [0.4, 0.5) is 0 Å². The molecule has 1 aliphatic heterocycles. The highest BCUT2D eigenvalue weighted by Gasteiger charge is 2.38. The summed E-state index contributed by atoms with van der Waals surface area (Å²) < 4.78 is 11.6. The van der Waals surface area contributed by atoms with Crippen molar-refractivity contribution in [2.75, 3.05) is 46.9 Å². The summed E-state index contributed by atoms with van der Waals surface area (Å²) in [5.74, 6) is -0.160.